The van der Waals surface area contributed by atoms with Gasteiger partial charge in [0, 0.05) is 24.2 Å². The van der Waals surface area contributed by atoms with Crippen molar-refractivity contribution in [3.63, 3.8) is 0 Å². The molecule has 32 heavy (non-hydrogen) atoms. The van der Waals surface area contributed by atoms with Gasteiger partial charge in [-0.05, 0) is 87.4 Å². The van der Waals surface area contributed by atoms with Gasteiger partial charge in [-0.2, -0.15) is 0 Å². The summed E-state index contributed by atoms with van der Waals surface area (Å²) in [4.78, 5) is 24.8. The third-order valence-electron chi connectivity index (χ3n) is 11.8. The Balaban J connectivity index is 1.49. The van der Waals surface area contributed by atoms with E-state index >= 15 is 0 Å². The van der Waals surface area contributed by atoms with Crippen molar-refractivity contribution < 1.29 is 24.5 Å². The van der Waals surface area contributed by atoms with Gasteiger partial charge in [-0.3, -0.25) is 9.59 Å². The first kappa shape index (κ1) is 22.8. The number of aliphatic hydroxyl groups is 2. The van der Waals surface area contributed by atoms with E-state index in [0.717, 1.165) is 51.4 Å². The lowest BCUT2D eigenvalue weighted by Gasteiger charge is -2.66. The molecule has 0 spiro atoms. The standard InChI is InChI=1S/C27H42O5/c1-16(28)26-10-6-5-7-18(26)13-22-20-14-23(30)27(31)15-19(32-17(2)29)8-11-25(27,4)21(20)9-12-24(22,26)3/h18-23,30-31H,5-15H2,1-4H3/t18-,19+,20-,21+,22+,23+,24+,25-,26+,27+/m1/s1. The molecular formula is C27H42O5. The fourth-order valence-corrected chi connectivity index (χ4v) is 10.4. The number of ether oxygens (including phenoxy) is 1. The Labute approximate surface area is 192 Å². The van der Waals surface area contributed by atoms with Crippen LogP contribution in [0.3, 0.4) is 0 Å². The van der Waals surface area contributed by atoms with E-state index in [0.29, 0.717) is 42.3 Å². The van der Waals surface area contributed by atoms with Crippen molar-refractivity contribution in [2.45, 2.75) is 116 Å². The second-order valence-electron chi connectivity index (χ2n) is 12.6. The number of esters is 1. The number of carbonyl (C=O) groups is 2. The zero-order valence-corrected chi connectivity index (χ0v) is 20.4. The summed E-state index contributed by atoms with van der Waals surface area (Å²) in [6.45, 7) is 7.83. The van der Waals surface area contributed by atoms with Gasteiger partial charge >= 0.3 is 5.97 Å². The Bertz CT molecular complexity index is 810. The molecule has 0 unspecified atom stereocenters. The summed E-state index contributed by atoms with van der Waals surface area (Å²) in [5.41, 5.74) is -1.78. The average molecular weight is 447 g/mol. The highest BCUT2D eigenvalue weighted by molar-refractivity contribution is 5.84. The fraction of sp³-hybridized carbons (Fsp3) is 0.926. The van der Waals surface area contributed by atoms with Gasteiger partial charge < -0.3 is 14.9 Å². The summed E-state index contributed by atoms with van der Waals surface area (Å²) in [5.74, 6) is 1.69. The molecule has 0 aromatic heterocycles. The van der Waals surface area contributed by atoms with Crippen LogP contribution in [0.4, 0.5) is 0 Å². The Hall–Kier alpha value is -0.940. The minimum absolute atomic E-state index is 0.00552. The van der Waals surface area contributed by atoms with E-state index in [9.17, 15) is 19.8 Å². The largest absolute Gasteiger partial charge is 0.462 e. The van der Waals surface area contributed by atoms with E-state index in [2.05, 4.69) is 13.8 Å². The molecule has 0 amide bonds. The predicted octanol–water partition coefficient (Wildman–Crippen LogP) is 4.42. The topological polar surface area (TPSA) is 83.8 Å². The summed E-state index contributed by atoms with van der Waals surface area (Å²) < 4.78 is 5.48. The molecule has 0 heterocycles. The normalized spacial score (nSPS) is 54.6. The van der Waals surface area contributed by atoms with Crippen molar-refractivity contribution in [2.75, 3.05) is 0 Å². The van der Waals surface area contributed by atoms with Crippen LogP contribution in [-0.4, -0.2) is 39.8 Å². The van der Waals surface area contributed by atoms with Crippen LogP contribution in [0.1, 0.15) is 98.3 Å². The molecular weight excluding hydrogens is 404 g/mol. The highest BCUT2D eigenvalue weighted by atomic mass is 16.5. The first-order valence-electron chi connectivity index (χ1n) is 13.1. The van der Waals surface area contributed by atoms with Crippen molar-refractivity contribution in [1.82, 2.24) is 0 Å². The molecule has 5 rings (SSSR count). The number of hydrogen-bond acceptors (Lipinski definition) is 5. The summed E-state index contributed by atoms with van der Waals surface area (Å²) in [6, 6.07) is 0. The van der Waals surface area contributed by atoms with Crippen LogP contribution in [0.2, 0.25) is 0 Å². The maximum Gasteiger partial charge on any atom is 0.302 e. The second-order valence-corrected chi connectivity index (χ2v) is 12.6. The average Bonchev–Trinajstić information content (AvgIpc) is 3.00. The van der Waals surface area contributed by atoms with Crippen LogP contribution in [0, 0.1) is 39.9 Å². The van der Waals surface area contributed by atoms with Crippen molar-refractivity contribution in [1.29, 1.82) is 0 Å². The lowest BCUT2D eigenvalue weighted by molar-refractivity contribution is -0.267. The van der Waals surface area contributed by atoms with Gasteiger partial charge in [0.1, 0.15) is 11.9 Å². The zero-order valence-electron chi connectivity index (χ0n) is 20.4. The molecule has 5 saturated carbocycles. The molecule has 10 atom stereocenters. The Morgan fingerprint density at radius 1 is 0.906 bits per heavy atom. The first-order chi connectivity index (χ1) is 15.0. The van der Waals surface area contributed by atoms with Gasteiger partial charge in [-0.1, -0.05) is 26.7 Å². The Kier molecular flexibility index (Phi) is 5.19. The minimum Gasteiger partial charge on any atom is -0.462 e. The fourth-order valence-electron chi connectivity index (χ4n) is 10.4. The highest BCUT2D eigenvalue weighted by Gasteiger charge is 2.72. The molecule has 5 heteroatoms. The molecule has 0 bridgehead atoms. The quantitative estimate of drug-likeness (QED) is 0.614. The van der Waals surface area contributed by atoms with E-state index in [1.165, 1.54) is 13.3 Å². The maximum atomic E-state index is 13.2. The molecule has 0 aromatic carbocycles. The molecule has 0 saturated heterocycles. The molecule has 5 aliphatic rings. The van der Waals surface area contributed by atoms with Gasteiger partial charge in [0.15, 0.2) is 0 Å². The van der Waals surface area contributed by atoms with Crippen molar-refractivity contribution in [2.24, 2.45) is 39.9 Å². The summed E-state index contributed by atoms with van der Waals surface area (Å²) in [6.07, 6.45) is 9.06. The molecule has 0 aliphatic heterocycles. The number of Topliss-reactive ketones (excluding diaryl/α,β-unsaturated/α-hetero) is 1. The van der Waals surface area contributed by atoms with E-state index in [-0.39, 0.29) is 28.3 Å². The number of hydrogen-bond donors (Lipinski definition) is 2. The molecule has 2 N–H and O–H groups in total. The van der Waals surface area contributed by atoms with Crippen molar-refractivity contribution >= 4 is 11.8 Å². The minimum atomic E-state index is -1.22. The van der Waals surface area contributed by atoms with Crippen LogP contribution < -0.4 is 0 Å². The number of rotatable bonds is 2. The lowest BCUT2D eigenvalue weighted by Crippen LogP contribution is -2.69. The molecule has 5 aliphatic carbocycles. The van der Waals surface area contributed by atoms with Gasteiger partial charge in [0.2, 0.25) is 0 Å². The van der Waals surface area contributed by atoms with E-state index in [1.54, 1.807) is 0 Å². The maximum absolute atomic E-state index is 13.2. The smallest absolute Gasteiger partial charge is 0.302 e. The van der Waals surface area contributed by atoms with Crippen LogP contribution >= 0.6 is 0 Å². The molecule has 0 radical (unpaired) electrons. The first-order valence-corrected chi connectivity index (χ1v) is 13.1. The Morgan fingerprint density at radius 3 is 2.31 bits per heavy atom. The highest BCUT2D eigenvalue weighted by Crippen LogP contribution is 2.74. The lowest BCUT2D eigenvalue weighted by atomic mass is 9.41. The summed E-state index contributed by atoms with van der Waals surface area (Å²) in [7, 11) is 0. The van der Waals surface area contributed by atoms with Crippen LogP contribution in [0.5, 0.6) is 0 Å². The number of aliphatic hydroxyl groups excluding tert-OH is 1. The summed E-state index contributed by atoms with van der Waals surface area (Å²) in [5, 5.41) is 23.3. The van der Waals surface area contributed by atoms with E-state index < -0.39 is 11.7 Å². The zero-order chi connectivity index (χ0) is 23.1. The molecule has 180 valence electrons. The van der Waals surface area contributed by atoms with Gasteiger partial charge in [-0.25, -0.2) is 0 Å². The van der Waals surface area contributed by atoms with Crippen LogP contribution in [0.15, 0.2) is 0 Å². The molecule has 0 aromatic rings. The summed E-state index contributed by atoms with van der Waals surface area (Å²) >= 11 is 0. The third-order valence-corrected chi connectivity index (χ3v) is 11.8. The predicted molar refractivity (Wildman–Crippen MR) is 121 cm³/mol. The van der Waals surface area contributed by atoms with Crippen molar-refractivity contribution in [3.05, 3.63) is 0 Å². The third kappa shape index (κ3) is 2.70. The number of ketones is 1. The molecule has 5 fully saturated rings. The number of carbonyl (C=O) groups excluding carboxylic acids is 2. The van der Waals surface area contributed by atoms with Crippen LogP contribution in [-0.2, 0) is 14.3 Å². The van der Waals surface area contributed by atoms with Crippen LogP contribution in [0.25, 0.3) is 0 Å². The van der Waals surface area contributed by atoms with E-state index in [1.807, 2.05) is 6.92 Å². The van der Waals surface area contributed by atoms with E-state index in [4.69, 9.17) is 4.74 Å². The SMILES string of the molecule is CC(=O)O[C@H]1CC[C@]2(C)[C@H]3CC[C@@]4(C)[C@@H](C[C@H]5CCCC[C@]54C(C)=O)[C@@H]3C[C@H](O)[C@@]2(O)C1. The number of fused-ring (bicyclic) bond motifs is 7. The Morgan fingerprint density at radius 2 is 1.62 bits per heavy atom. The van der Waals surface area contributed by atoms with Gasteiger partial charge in [0.05, 0.1) is 11.7 Å². The van der Waals surface area contributed by atoms with Gasteiger partial charge in [0.25, 0.3) is 0 Å². The second kappa shape index (κ2) is 7.28. The van der Waals surface area contributed by atoms with Crippen molar-refractivity contribution in [3.8, 4) is 0 Å². The molecule has 5 nitrogen and oxygen atoms in total. The monoisotopic (exact) mass is 446 g/mol. The van der Waals surface area contributed by atoms with Gasteiger partial charge in [-0.15, -0.1) is 0 Å².